The molecule has 19 heavy (non-hydrogen) atoms. The fourth-order valence-electron chi connectivity index (χ4n) is 2.19. The van der Waals surface area contributed by atoms with Crippen LogP contribution < -0.4 is 5.32 Å². The molecule has 0 spiro atoms. The van der Waals surface area contributed by atoms with Crippen LogP contribution in [0.5, 0.6) is 17.2 Å². The van der Waals surface area contributed by atoms with Crippen molar-refractivity contribution in [1.82, 2.24) is 10.2 Å². The highest BCUT2D eigenvalue weighted by Gasteiger charge is 2.22. The number of hydrogen-bond acceptors (Lipinski definition) is 5. The smallest absolute Gasteiger partial charge is 0.200 e. The third-order valence-electron chi connectivity index (χ3n) is 3.31. The molecule has 1 aliphatic rings. The Hall–Kier alpha value is -0.880. The number of halogens is 2. The lowest BCUT2D eigenvalue weighted by molar-refractivity contribution is 0.182. The molecule has 1 aromatic rings. The number of hydrogen-bond donors (Lipinski definition) is 4. The van der Waals surface area contributed by atoms with Gasteiger partial charge in [-0.1, -0.05) is 0 Å². The molecule has 0 amide bonds. The number of nitrogens with one attached hydrogen (secondary N) is 1. The van der Waals surface area contributed by atoms with Crippen molar-refractivity contribution in [3.05, 3.63) is 17.7 Å². The molecule has 0 aliphatic carbocycles. The highest BCUT2D eigenvalue weighted by atomic mass is 35.5. The maximum atomic E-state index is 9.83. The number of nitrogens with zero attached hydrogens (tertiary/aromatic N) is 1. The summed E-state index contributed by atoms with van der Waals surface area (Å²) in [5.41, 5.74) is 0.641. The van der Waals surface area contributed by atoms with E-state index in [0.717, 1.165) is 26.2 Å². The molecule has 7 heteroatoms. The van der Waals surface area contributed by atoms with E-state index in [1.165, 1.54) is 6.07 Å². The Balaban J connectivity index is 0.00000162. The van der Waals surface area contributed by atoms with Crippen molar-refractivity contribution in [2.24, 2.45) is 0 Å². The largest absolute Gasteiger partial charge is 0.504 e. The molecule has 0 radical (unpaired) electrons. The number of phenolic OH excluding ortho intramolecular Hbond substituents is 3. The van der Waals surface area contributed by atoms with E-state index in [0.29, 0.717) is 5.56 Å². The van der Waals surface area contributed by atoms with Crippen LogP contribution in [0, 0.1) is 0 Å². The Bertz CT molecular complexity index is 412. The van der Waals surface area contributed by atoms with Gasteiger partial charge in [0.1, 0.15) is 0 Å². The number of rotatable bonds is 2. The Morgan fingerprint density at radius 3 is 2.21 bits per heavy atom. The summed E-state index contributed by atoms with van der Waals surface area (Å²) in [5.74, 6) is -0.959. The van der Waals surface area contributed by atoms with Gasteiger partial charge in [-0.05, 0) is 19.1 Å². The van der Waals surface area contributed by atoms with Crippen LogP contribution in [-0.2, 0) is 0 Å². The second kappa shape index (κ2) is 7.65. The standard InChI is InChI=1S/C12H18N2O3.2ClH/c1-8(14-6-4-13-5-7-14)9-2-3-10(15)12(17)11(9)16;;/h2-3,8,13,15-17H,4-7H2,1H3;2*1H/t8-;;/m1../s1. The summed E-state index contributed by atoms with van der Waals surface area (Å²) in [5, 5.41) is 31.9. The second-order valence-corrected chi connectivity index (χ2v) is 4.33. The van der Waals surface area contributed by atoms with Crippen molar-refractivity contribution < 1.29 is 15.3 Å². The molecule has 1 atom stereocenters. The summed E-state index contributed by atoms with van der Waals surface area (Å²) in [6.45, 7) is 5.64. The van der Waals surface area contributed by atoms with E-state index in [9.17, 15) is 15.3 Å². The van der Waals surface area contributed by atoms with Crippen molar-refractivity contribution in [1.29, 1.82) is 0 Å². The van der Waals surface area contributed by atoms with E-state index in [1.807, 2.05) is 6.92 Å². The Labute approximate surface area is 125 Å². The monoisotopic (exact) mass is 310 g/mol. The van der Waals surface area contributed by atoms with Gasteiger partial charge in [0.25, 0.3) is 0 Å². The molecular formula is C12H20Cl2N2O3. The van der Waals surface area contributed by atoms with Crippen LogP contribution in [0.25, 0.3) is 0 Å². The lowest BCUT2D eigenvalue weighted by atomic mass is 10.0. The van der Waals surface area contributed by atoms with E-state index in [4.69, 9.17) is 0 Å². The predicted molar refractivity (Wildman–Crippen MR) is 78.8 cm³/mol. The van der Waals surface area contributed by atoms with Crippen LogP contribution in [-0.4, -0.2) is 46.4 Å². The summed E-state index contributed by atoms with van der Waals surface area (Å²) in [6.07, 6.45) is 0. The van der Waals surface area contributed by atoms with Crippen molar-refractivity contribution in [2.45, 2.75) is 13.0 Å². The van der Waals surface area contributed by atoms with E-state index in [1.54, 1.807) is 6.07 Å². The molecule has 2 rings (SSSR count). The van der Waals surface area contributed by atoms with Gasteiger partial charge in [0, 0.05) is 37.8 Å². The van der Waals surface area contributed by atoms with Crippen LogP contribution in [0.1, 0.15) is 18.5 Å². The minimum absolute atomic E-state index is 0. The first-order chi connectivity index (χ1) is 8.11. The van der Waals surface area contributed by atoms with E-state index in [2.05, 4.69) is 10.2 Å². The maximum absolute atomic E-state index is 9.83. The lowest BCUT2D eigenvalue weighted by Gasteiger charge is -2.33. The molecule has 0 aromatic heterocycles. The van der Waals surface area contributed by atoms with Gasteiger partial charge < -0.3 is 20.6 Å². The molecule has 1 fully saturated rings. The van der Waals surface area contributed by atoms with Gasteiger partial charge in [0.2, 0.25) is 5.75 Å². The van der Waals surface area contributed by atoms with E-state index >= 15 is 0 Å². The highest BCUT2D eigenvalue weighted by Crippen LogP contribution is 2.40. The molecule has 1 saturated heterocycles. The first kappa shape index (κ1) is 18.1. The minimum Gasteiger partial charge on any atom is -0.504 e. The fourth-order valence-corrected chi connectivity index (χ4v) is 2.19. The van der Waals surface area contributed by atoms with Gasteiger partial charge in [0.15, 0.2) is 11.5 Å². The molecule has 0 unspecified atom stereocenters. The summed E-state index contributed by atoms with van der Waals surface area (Å²) in [7, 11) is 0. The summed E-state index contributed by atoms with van der Waals surface area (Å²) in [6, 6.07) is 3.07. The zero-order valence-electron chi connectivity index (χ0n) is 10.7. The van der Waals surface area contributed by atoms with Gasteiger partial charge in [-0.2, -0.15) is 0 Å². The number of piperazine rings is 1. The Morgan fingerprint density at radius 1 is 1.05 bits per heavy atom. The van der Waals surface area contributed by atoms with E-state index < -0.39 is 5.75 Å². The molecule has 1 aliphatic heterocycles. The highest BCUT2D eigenvalue weighted by molar-refractivity contribution is 5.85. The molecule has 110 valence electrons. The van der Waals surface area contributed by atoms with Gasteiger partial charge in [0.05, 0.1) is 0 Å². The normalized spacial score (nSPS) is 17.1. The molecular weight excluding hydrogens is 291 g/mol. The minimum atomic E-state index is -0.440. The Kier molecular flexibility index (Phi) is 7.29. The summed E-state index contributed by atoms with van der Waals surface area (Å²) in [4.78, 5) is 2.22. The van der Waals surface area contributed by atoms with Crippen molar-refractivity contribution in [3.8, 4) is 17.2 Å². The second-order valence-electron chi connectivity index (χ2n) is 4.33. The number of phenols is 3. The van der Waals surface area contributed by atoms with Crippen LogP contribution >= 0.6 is 24.8 Å². The van der Waals surface area contributed by atoms with Gasteiger partial charge >= 0.3 is 0 Å². The molecule has 1 heterocycles. The third-order valence-corrected chi connectivity index (χ3v) is 3.31. The van der Waals surface area contributed by atoms with Crippen molar-refractivity contribution in [2.75, 3.05) is 26.2 Å². The molecule has 1 aromatic carbocycles. The van der Waals surface area contributed by atoms with Crippen LogP contribution in [0.4, 0.5) is 0 Å². The fraction of sp³-hybridized carbons (Fsp3) is 0.500. The number of aromatic hydroxyl groups is 3. The summed E-state index contributed by atoms with van der Waals surface area (Å²) >= 11 is 0. The zero-order valence-corrected chi connectivity index (χ0v) is 12.3. The lowest BCUT2D eigenvalue weighted by Crippen LogP contribution is -2.44. The van der Waals surface area contributed by atoms with Gasteiger partial charge in [-0.3, -0.25) is 4.90 Å². The predicted octanol–water partition coefficient (Wildman–Crippen LogP) is 1.61. The first-order valence-corrected chi connectivity index (χ1v) is 5.80. The quantitative estimate of drug-likeness (QED) is 0.625. The number of benzene rings is 1. The molecule has 0 saturated carbocycles. The SMILES string of the molecule is C[C@H](c1ccc(O)c(O)c1O)N1CCNCC1.Cl.Cl. The first-order valence-electron chi connectivity index (χ1n) is 5.80. The maximum Gasteiger partial charge on any atom is 0.200 e. The Morgan fingerprint density at radius 2 is 1.63 bits per heavy atom. The van der Waals surface area contributed by atoms with Crippen LogP contribution in [0.2, 0.25) is 0 Å². The molecule has 4 N–H and O–H groups in total. The van der Waals surface area contributed by atoms with Crippen LogP contribution in [0.3, 0.4) is 0 Å². The van der Waals surface area contributed by atoms with Crippen molar-refractivity contribution in [3.63, 3.8) is 0 Å². The van der Waals surface area contributed by atoms with Crippen LogP contribution in [0.15, 0.2) is 12.1 Å². The third kappa shape index (κ3) is 3.79. The molecule has 0 bridgehead atoms. The molecule has 5 nitrogen and oxygen atoms in total. The average Bonchev–Trinajstić information content (AvgIpc) is 2.36. The van der Waals surface area contributed by atoms with E-state index in [-0.39, 0.29) is 42.4 Å². The zero-order chi connectivity index (χ0) is 12.4. The van der Waals surface area contributed by atoms with Gasteiger partial charge in [-0.25, -0.2) is 0 Å². The average molecular weight is 311 g/mol. The summed E-state index contributed by atoms with van der Waals surface area (Å²) < 4.78 is 0. The van der Waals surface area contributed by atoms with Crippen molar-refractivity contribution >= 4 is 24.8 Å². The van der Waals surface area contributed by atoms with Gasteiger partial charge in [-0.15, -0.1) is 24.8 Å². The topological polar surface area (TPSA) is 76.0 Å².